The molecule has 0 saturated carbocycles. The van der Waals surface area contributed by atoms with Gasteiger partial charge >= 0.3 is 93.7 Å². The summed E-state index contributed by atoms with van der Waals surface area (Å²) in [6.45, 7) is 8.58. The average molecular weight is 302 g/mol. The van der Waals surface area contributed by atoms with Crippen molar-refractivity contribution in [3.63, 3.8) is 0 Å². The van der Waals surface area contributed by atoms with Gasteiger partial charge in [-0.3, -0.25) is 0 Å². The first kappa shape index (κ1) is 14.2. The maximum absolute atomic E-state index is 4.45. The standard InChI is InChI=1S/C9H16N.3CH3.Sn/c1-8(2)6-7-10-9(3,4)5;;;;/h6-7H,1H2,2-5H3;3*1H3;/b8-6-,10-7?;;;;. The molecule has 0 aliphatic heterocycles. The van der Waals surface area contributed by atoms with E-state index < -0.39 is 18.4 Å². The van der Waals surface area contributed by atoms with Crippen LogP contribution in [-0.4, -0.2) is 30.1 Å². The fraction of sp³-hybridized carbons (Fsp3) is 0.750. The first-order valence-electron chi connectivity index (χ1n) is 5.31. The van der Waals surface area contributed by atoms with Crippen LogP contribution in [-0.2, 0) is 0 Å². The summed E-state index contributed by atoms with van der Waals surface area (Å²) in [5.74, 6) is 0. The molecule has 0 radical (unpaired) electrons. The van der Waals surface area contributed by atoms with Gasteiger partial charge < -0.3 is 0 Å². The topological polar surface area (TPSA) is 12.4 Å². The van der Waals surface area contributed by atoms with E-state index in [1.54, 1.807) is 0 Å². The second kappa shape index (κ2) is 5.34. The summed E-state index contributed by atoms with van der Waals surface area (Å²) >= 11 is -1.62. The molecule has 0 bridgehead atoms. The minimum atomic E-state index is -1.62. The van der Waals surface area contributed by atoms with Crippen molar-refractivity contribution in [1.29, 1.82) is 0 Å². The second-order valence-electron chi connectivity index (χ2n) is 6.20. The van der Waals surface area contributed by atoms with E-state index in [2.05, 4.69) is 53.6 Å². The molecule has 0 rings (SSSR count). The van der Waals surface area contributed by atoms with Crippen LogP contribution in [0.5, 0.6) is 0 Å². The van der Waals surface area contributed by atoms with E-state index >= 15 is 0 Å². The third-order valence-corrected chi connectivity index (χ3v) is 6.25. The Balaban J connectivity index is 4.21. The van der Waals surface area contributed by atoms with Crippen molar-refractivity contribution in [1.82, 2.24) is 0 Å². The molecule has 0 fully saturated rings. The Morgan fingerprint density at radius 2 is 1.71 bits per heavy atom. The van der Waals surface area contributed by atoms with E-state index in [1.807, 2.05) is 6.21 Å². The molecule has 2 heteroatoms. The van der Waals surface area contributed by atoms with Gasteiger partial charge in [0.15, 0.2) is 0 Å². The van der Waals surface area contributed by atoms with Crippen molar-refractivity contribution >= 4 is 24.6 Å². The van der Waals surface area contributed by atoms with Gasteiger partial charge in [-0.15, -0.1) is 0 Å². The van der Waals surface area contributed by atoms with Crippen LogP contribution in [0.2, 0.25) is 19.3 Å². The van der Waals surface area contributed by atoms with Gasteiger partial charge in [0.1, 0.15) is 0 Å². The number of hydrogen-bond donors (Lipinski definition) is 0. The Bertz CT molecular complexity index is 226. The number of nitrogens with zero attached hydrogens (tertiary/aromatic N) is 1. The fourth-order valence-corrected chi connectivity index (χ4v) is 6.39. The number of aliphatic imine (C=N–C) groups is 1. The monoisotopic (exact) mass is 303 g/mol. The molecular weight excluding hydrogens is 277 g/mol. The van der Waals surface area contributed by atoms with Crippen molar-refractivity contribution in [2.45, 2.75) is 52.5 Å². The molecule has 0 spiro atoms. The normalized spacial score (nSPS) is 15.2. The number of allylic oxidation sites excluding steroid dienone is 2. The van der Waals surface area contributed by atoms with Gasteiger partial charge in [-0.1, -0.05) is 0 Å². The third kappa shape index (κ3) is 10.3. The van der Waals surface area contributed by atoms with E-state index in [0.717, 1.165) is 0 Å². The van der Waals surface area contributed by atoms with E-state index in [-0.39, 0.29) is 5.54 Å². The molecule has 14 heavy (non-hydrogen) atoms. The molecule has 1 nitrogen and oxygen atoms in total. The molecule has 0 N–H and O–H groups in total. The Kier molecular flexibility index (Phi) is 5.42. The fourth-order valence-electron chi connectivity index (χ4n) is 1.28. The van der Waals surface area contributed by atoms with E-state index in [4.69, 9.17) is 0 Å². The van der Waals surface area contributed by atoms with Crippen LogP contribution in [0, 0.1) is 0 Å². The molecule has 0 amide bonds. The minimum absolute atomic E-state index is 0.0573. The van der Waals surface area contributed by atoms with Crippen LogP contribution in [0.1, 0.15) is 27.7 Å². The zero-order valence-corrected chi connectivity index (χ0v) is 13.7. The van der Waals surface area contributed by atoms with Crippen LogP contribution in [0.25, 0.3) is 0 Å². The van der Waals surface area contributed by atoms with Crippen molar-refractivity contribution in [2.24, 2.45) is 4.99 Å². The SMILES string of the molecule is C/C(=C\C=NC(C)(C)C)[CH2][Sn]([CH3])([CH3])[CH3]. The molecule has 0 unspecified atom stereocenters. The number of rotatable bonds is 3. The summed E-state index contributed by atoms with van der Waals surface area (Å²) in [5.41, 5.74) is 1.54. The molecule has 0 aromatic heterocycles. The van der Waals surface area contributed by atoms with Gasteiger partial charge in [-0.05, 0) is 0 Å². The van der Waals surface area contributed by atoms with Crippen molar-refractivity contribution in [2.75, 3.05) is 0 Å². The Hall–Kier alpha value is 0.209. The van der Waals surface area contributed by atoms with Crippen LogP contribution >= 0.6 is 0 Å². The summed E-state index contributed by atoms with van der Waals surface area (Å²) in [5, 5.41) is 0. The molecule has 0 saturated heterocycles. The summed E-state index contributed by atoms with van der Waals surface area (Å²) in [7, 11) is 0. The molecule has 0 aromatic carbocycles. The van der Waals surface area contributed by atoms with Crippen molar-refractivity contribution < 1.29 is 0 Å². The Labute approximate surface area is 93.6 Å². The van der Waals surface area contributed by atoms with Gasteiger partial charge in [-0.2, -0.15) is 0 Å². The maximum atomic E-state index is 4.45. The third-order valence-electron chi connectivity index (χ3n) is 1.63. The van der Waals surface area contributed by atoms with E-state index in [9.17, 15) is 0 Å². The summed E-state index contributed by atoms with van der Waals surface area (Å²) in [6.07, 6.45) is 4.14. The molecular formula is C12H25NSn. The van der Waals surface area contributed by atoms with Crippen molar-refractivity contribution in [3.8, 4) is 0 Å². The predicted molar refractivity (Wildman–Crippen MR) is 70.2 cm³/mol. The first-order chi connectivity index (χ1) is 6.10. The van der Waals surface area contributed by atoms with Crippen molar-refractivity contribution in [3.05, 3.63) is 11.6 Å². The second-order valence-corrected chi connectivity index (χ2v) is 21.8. The predicted octanol–water partition coefficient (Wildman–Crippen LogP) is 4.14. The van der Waals surface area contributed by atoms with E-state index in [0.29, 0.717) is 0 Å². The van der Waals surface area contributed by atoms with Crippen LogP contribution in [0.4, 0.5) is 0 Å². The molecule has 82 valence electrons. The first-order valence-corrected chi connectivity index (χ1v) is 15.9. The molecule has 0 aromatic rings. The van der Waals surface area contributed by atoms with Crippen LogP contribution in [0.3, 0.4) is 0 Å². The number of hydrogen-bond acceptors (Lipinski definition) is 1. The zero-order chi connectivity index (χ0) is 11.4. The van der Waals surface area contributed by atoms with Gasteiger partial charge in [0.05, 0.1) is 0 Å². The van der Waals surface area contributed by atoms with Crippen LogP contribution < -0.4 is 0 Å². The molecule has 0 atom stereocenters. The summed E-state index contributed by atoms with van der Waals surface area (Å²) < 4.78 is 1.34. The Morgan fingerprint density at radius 1 is 1.21 bits per heavy atom. The average Bonchev–Trinajstić information content (AvgIpc) is 1.78. The summed E-state index contributed by atoms with van der Waals surface area (Å²) in [6, 6.07) is 0. The van der Waals surface area contributed by atoms with Gasteiger partial charge in [-0.25, -0.2) is 0 Å². The van der Waals surface area contributed by atoms with Gasteiger partial charge in [0, 0.05) is 0 Å². The van der Waals surface area contributed by atoms with Crippen LogP contribution in [0.15, 0.2) is 16.6 Å². The quantitative estimate of drug-likeness (QED) is 0.549. The molecule has 0 aliphatic carbocycles. The van der Waals surface area contributed by atoms with E-state index in [1.165, 1.54) is 10.0 Å². The summed E-state index contributed by atoms with van der Waals surface area (Å²) in [4.78, 5) is 11.8. The molecule has 0 heterocycles. The molecule has 0 aliphatic rings. The Morgan fingerprint density at radius 3 is 2.07 bits per heavy atom. The van der Waals surface area contributed by atoms with Gasteiger partial charge in [0.25, 0.3) is 0 Å². The van der Waals surface area contributed by atoms with Gasteiger partial charge in [0.2, 0.25) is 0 Å². The zero-order valence-electron chi connectivity index (χ0n) is 10.8.